The number of rotatable bonds is 6. The molecule has 0 aliphatic rings. The number of hydrogen-bond acceptors (Lipinski definition) is 3. The molecular formula is C19H19FN2O3. The van der Waals surface area contributed by atoms with Crippen molar-refractivity contribution < 1.29 is 18.7 Å². The van der Waals surface area contributed by atoms with Crippen molar-refractivity contribution in [2.24, 2.45) is 0 Å². The lowest BCUT2D eigenvalue weighted by Gasteiger charge is -2.11. The first-order valence-electron chi connectivity index (χ1n) is 7.86. The van der Waals surface area contributed by atoms with E-state index in [4.69, 9.17) is 4.74 Å². The zero-order chi connectivity index (χ0) is 18.1. The molecule has 0 saturated carbocycles. The van der Waals surface area contributed by atoms with Crippen LogP contribution in [0.5, 0.6) is 5.75 Å². The number of ether oxygens (including phenoxy) is 1. The highest BCUT2D eigenvalue weighted by molar-refractivity contribution is 5.99. The van der Waals surface area contributed by atoms with E-state index in [9.17, 15) is 14.0 Å². The van der Waals surface area contributed by atoms with Crippen LogP contribution in [-0.4, -0.2) is 18.4 Å². The molecule has 0 unspecified atom stereocenters. The zero-order valence-corrected chi connectivity index (χ0v) is 13.8. The maximum absolute atomic E-state index is 12.8. The molecule has 25 heavy (non-hydrogen) atoms. The Balaban J connectivity index is 1.91. The van der Waals surface area contributed by atoms with Crippen LogP contribution >= 0.6 is 0 Å². The topological polar surface area (TPSA) is 67.4 Å². The Morgan fingerprint density at radius 3 is 2.52 bits per heavy atom. The minimum atomic E-state index is -0.510. The van der Waals surface area contributed by atoms with Crippen LogP contribution in [0.2, 0.25) is 0 Å². The SMILES string of the molecule is CCCOc1ccccc1C(=O)NNC(=O)/C=C/c1ccc(F)cc1. The van der Waals surface area contributed by atoms with Crippen LogP contribution in [0, 0.1) is 5.82 Å². The third-order valence-corrected chi connectivity index (χ3v) is 3.19. The number of hydrazine groups is 1. The maximum Gasteiger partial charge on any atom is 0.273 e. The molecule has 0 atom stereocenters. The van der Waals surface area contributed by atoms with Crippen molar-refractivity contribution in [3.05, 3.63) is 71.6 Å². The van der Waals surface area contributed by atoms with Gasteiger partial charge in [0.05, 0.1) is 12.2 Å². The Morgan fingerprint density at radius 1 is 1.08 bits per heavy atom. The molecule has 2 rings (SSSR count). The van der Waals surface area contributed by atoms with E-state index in [1.54, 1.807) is 36.4 Å². The van der Waals surface area contributed by atoms with Crippen molar-refractivity contribution in [2.75, 3.05) is 6.61 Å². The summed E-state index contributed by atoms with van der Waals surface area (Å²) in [7, 11) is 0. The second-order valence-corrected chi connectivity index (χ2v) is 5.17. The number of nitrogens with one attached hydrogen (secondary N) is 2. The molecule has 0 saturated heterocycles. The van der Waals surface area contributed by atoms with Crippen molar-refractivity contribution in [3.8, 4) is 5.75 Å². The van der Waals surface area contributed by atoms with Crippen LogP contribution in [0.25, 0.3) is 6.08 Å². The van der Waals surface area contributed by atoms with Gasteiger partial charge in [-0.3, -0.25) is 20.4 Å². The summed E-state index contributed by atoms with van der Waals surface area (Å²) < 4.78 is 18.3. The minimum Gasteiger partial charge on any atom is -0.493 e. The molecule has 2 N–H and O–H groups in total. The van der Waals surface area contributed by atoms with Crippen molar-refractivity contribution >= 4 is 17.9 Å². The van der Waals surface area contributed by atoms with Gasteiger partial charge in [-0.2, -0.15) is 0 Å². The van der Waals surface area contributed by atoms with E-state index in [1.165, 1.54) is 24.3 Å². The van der Waals surface area contributed by atoms with Gasteiger partial charge in [-0.1, -0.05) is 31.2 Å². The minimum absolute atomic E-state index is 0.332. The lowest BCUT2D eigenvalue weighted by Crippen LogP contribution is -2.40. The number of para-hydroxylation sites is 1. The van der Waals surface area contributed by atoms with Crippen LogP contribution in [0.3, 0.4) is 0 Å². The monoisotopic (exact) mass is 342 g/mol. The predicted molar refractivity (Wildman–Crippen MR) is 93.3 cm³/mol. The summed E-state index contributed by atoms with van der Waals surface area (Å²) in [5.41, 5.74) is 5.62. The quantitative estimate of drug-likeness (QED) is 0.626. The van der Waals surface area contributed by atoms with Crippen molar-refractivity contribution in [1.29, 1.82) is 0 Å². The highest BCUT2D eigenvalue weighted by Crippen LogP contribution is 2.17. The Bertz CT molecular complexity index is 758. The Labute approximate surface area is 145 Å². The van der Waals surface area contributed by atoms with E-state index in [0.717, 1.165) is 6.42 Å². The van der Waals surface area contributed by atoms with Gasteiger partial charge in [0.2, 0.25) is 0 Å². The number of hydrogen-bond donors (Lipinski definition) is 2. The van der Waals surface area contributed by atoms with Gasteiger partial charge in [0.1, 0.15) is 11.6 Å². The van der Waals surface area contributed by atoms with Gasteiger partial charge in [-0.05, 0) is 42.3 Å². The largest absolute Gasteiger partial charge is 0.493 e. The van der Waals surface area contributed by atoms with Gasteiger partial charge in [-0.25, -0.2) is 4.39 Å². The van der Waals surface area contributed by atoms with Crippen molar-refractivity contribution in [1.82, 2.24) is 10.9 Å². The third-order valence-electron chi connectivity index (χ3n) is 3.19. The lowest BCUT2D eigenvalue weighted by atomic mass is 10.2. The average Bonchev–Trinajstić information content (AvgIpc) is 2.64. The standard InChI is InChI=1S/C19H19FN2O3/c1-2-13-25-17-6-4-3-5-16(17)19(24)22-21-18(23)12-9-14-7-10-15(20)11-8-14/h3-12H,2,13H2,1H3,(H,21,23)(H,22,24)/b12-9+. The summed E-state index contributed by atoms with van der Waals surface area (Å²) in [6.45, 7) is 2.47. The Hall–Kier alpha value is -3.15. The molecule has 130 valence electrons. The van der Waals surface area contributed by atoms with Gasteiger partial charge in [0, 0.05) is 6.08 Å². The predicted octanol–water partition coefficient (Wildman–Crippen LogP) is 3.09. The van der Waals surface area contributed by atoms with Crippen molar-refractivity contribution in [3.63, 3.8) is 0 Å². The maximum atomic E-state index is 12.8. The van der Waals surface area contributed by atoms with Crippen LogP contribution in [0.4, 0.5) is 4.39 Å². The molecule has 0 bridgehead atoms. The molecule has 0 heterocycles. The molecule has 0 radical (unpaired) electrons. The molecule has 0 aliphatic carbocycles. The van der Waals surface area contributed by atoms with Gasteiger partial charge in [0.15, 0.2) is 0 Å². The fraction of sp³-hybridized carbons (Fsp3) is 0.158. The number of benzene rings is 2. The molecule has 0 aliphatic heterocycles. The van der Waals surface area contributed by atoms with Gasteiger partial charge in [-0.15, -0.1) is 0 Å². The molecule has 6 heteroatoms. The number of carbonyl (C=O) groups excluding carboxylic acids is 2. The van der Waals surface area contributed by atoms with E-state index < -0.39 is 11.8 Å². The van der Waals surface area contributed by atoms with E-state index >= 15 is 0 Å². The molecule has 5 nitrogen and oxygen atoms in total. The summed E-state index contributed by atoms with van der Waals surface area (Å²) in [5.74, 6) is -0.879. The van der Waals surface area contributed by atoms with Crippen LogP contribution in [0.1, 0.15) is 29.3 Å². The van der Waals surface area contributed by atoms with Gasteiger partial charge < -0.3 is 4.74 Å². The first-order valence-corrected chi connectivity index (χ1v) is 7.86. The third kappa shape index (κ3) is 5.76. The fourth-order valence-corrected chi connectivity index (χ4v) is 1.97. The number of carbonyl (C=O) groups is 2. The van der Waals surface area contributed by atoms with Crippen LogP contribution in [-0.2, 0) is 4.79 Å². The second kappa shape index (κ2) is 9.22. The highest BCUT2D eigenvalue weighted by Gasteiger charge is 2.12. The first kappa shape index (κ1) is 18.2. The van der Waals surface area contributed by atoms with Gasteiger partial charge >= 0.3 is 0 Å². The van der Waals surface area contributed by atoms with Gasteiger partial charge in [0.25, 0.3) is 11.8 Å². The van der Waals surface area contributed by atoms with E-state index in [-0.39, 0.29) is 5.82 Å². The van der Waals surface area contributed by atoms with Crippen molar-refractivity contribution in [2.45, 2.75) is 13.3 Å². The van der Waals surface area contributed by atoms with Crippen LogP contribution < -0.4 is 15.6 Å². The molecule has 0 spiro atoms. The molecule has 2 amide bonds. The van der Waals surface area contributed by atoms with E-state index in [2.05, 4.69) is 10.9 Å². The Kier molecular flexibility index (Phi) is 6.71. The molecule has 0 aromatic heterocycles. The second-order valence-electron chi connectivity index (χ2n) is 5.17. The fourth-order valence-electron chi connectivity index (χ4n) is 1.97. The summed E-state index contributed by atoms with van der Waals surface area (Å²) in [5, 5.41) is 0. The summed E-state index contributed by atoms with van der Waals surface area (Å²) in [6.07, 6.45) is 3.58. The first-order chi connectivity index (χ1) is 12.1. The van der Waals surface area contributed by atoms with E-state index in [0.29, 0.717) is 23.5 Å². The average molecular weight is 342 g/mol. The molecule has 2 aromatic rings. The normalized spacial score (nSPS) is 10.5. The van der Waals surface area contributed by atoms with Crippen LogP contribution in [0.15, 0.2) is 54.6 Å². The highest BCUT2D eigenvalue weighted by atomic mass is 19.1. The smallest absolute Gasteiger partial charge is 0.273 e. The molecular weight excluding hydrogens is 323 g/mol. The summed E-state index contributed by atoms with van der Waals surface area (Å²) in [6, 6.07) is 12.5. The number of amides is 2. The zero-order valence-electron chi connectivity index (χ0n) is 13.8. The lowest BCUT2D eigenvalue weighted by molar-refractivity contribution is -0.117. The molecule has 2 aromatic carbocycles. The molecule has 0 fully saturated rings. The Morgan fingerprint density at radius 2 is 1.80 bits per heavy atom. The summed E-state index contributed by atoms with van der Waals surface area (Å²) in [4.78, 5) is 23.9. The van der Waals surface area contributed by atoms with E-state index in [1.807, 2.05) is 6.92 Å². The summed E-state index contributed by atoms with van der Waals surface area (Å²) >= 11 is 0. The number of halogens is 1.